The van der Waals surface area contributed by atoms with E-state index in [0.29, 0.717) is 0 Å². The Kier molecular flexibility index (Phi) is 4.31. The Morgan fingerprint density at radius 2 is 1.92 bits per heavy atom. The molecule has 7 atom stereocenters. The third-order valence-electron chi connectivity index (χ3n) is 6.22. The van der Waals surface area contributed by atoms with Crippen LogP contribution in [0.25, 0.3) is 0 Å². The number of carbonyl (C=O) groups is 3. The number of hydrogen-bond acceptors (Lipinski definition) is 7. The highest BCUT2D eigenvalue weighted by Gasteiger charge is 2.66. The average Bonchev–Trinajstić information content (AvgIpc) is 2.89. The molecule has 0 aromatic carbocycles. The number of aliphatic hydroxyl groups is 2. The van der Waals surface area contributed by atoms with Crippen LogP contribution in [0.15, 0.2) is 12.2 Å². The quantitative estimate of drug-likeness (QED) is 0.548. The molecule has 144 valence electrons. The fraction of sp³-hybridized carbons (Fsp3) is 0.737. The van der Waals surface area contributed by atoms with Gasteiger partial charge in [0, 0.05) is 30.3 Å². The van der Waals surface area contributed by atoms with Crippen molar-refractivity contribution >= 4 is 17.7 Å². The zero-order valence-corrected chi connectivity index (χ0v) is 15.5. The fourth-order valence-corrected chi connectivity index (χ4v) is 4.69. The summed E-state index contributed by atoms with van der Waals surface area (Å²) < 4.78 is 11.1. The monoisotopic (exact) mass is 366 g/mol. The molecule has 1 saturated heterocycles. The van der Waals surface area contributed by atoms with Crippen LogP contribution in [0, 0.1) is 23.7 Å². The maximum Gasteiger partial charge on any atom is 0.334 e. The molecule has 7 heteroatoms. The number of carbonyl (C=O) groups excluding carboxylic acids is 3. The Morgan fingerprint density at radius 3 is 2.50 bits per heavy atom. The van der Waals surface area contributed by atoms with Gasteiger partial charge in [-0.3, -0.25) is 9.59 Å². The van der Waals surface area contributed by atoms with Crippen molar-refractivity contribution in [2.75, 3.05) is 0 Å². The zero-order valence-electron chi connectivity index (χ0n) is 15.5. The molecule has 0 spiro atoms. The first-order valence-electron chi connectivity index (χ1n) is 8.96. The van der Waals surface area contributed by atoms with Gasteiger partial charge in [0.15, 0.2) is 5.78 Å². The van der Waals surface area contributed by atoms with Gasteiger partial charge in [0.25, 0.3) is 0 Å². The number of hydrogen-bond donors (Lipinski definition) is 2. The van der Waals surface area contributed by atoms with Crippen molar-refractivity contribution in [3.8, 4) is 0 Å². The number of ketones is 1. The lowest BCUT2D eigenvalue weighted by Gasteiger charge is -2.36. The summed E-state index contributed by atoms with van der Waals surface area (Å²) in [6, 6.07) is 0. The van der Waals surface area contributed by atoms with E-state index in [1.165, 1.54) is 6.92 Å². The van der Waals surface area contributed by atoms with E-state index < -0.39 is 58.9 Å². The minimum Gasteiger partial charge on any atom is -0.461 e. The molecule has 3 aliphatic rings. The first kappa shape index (κ1) is 19.0. The number of fused-ring (bicyclic) bond motifs is 3. The Hall–Kier alpha value is -1.73. The minimum absolute atomic E-state index is 0.0250. The highest BCUT2D eigenvalue weighted by molar-refractivity contribution is 5.93. The first-order valence-corrected chi connectivity index (χ1v) is 8.96. The molecule has 26 heavy (non-hydrogen) atoms. The molecule has 0 aromatic rings. The third-order valence-corrected chi connectivity index (χ3v) is 6.22. The summed E-state index contributed by atoms with van der Waals surface area (Å²) in [5.41, 5.74) is -2.97. The molecule has 3 rings (SSSR count). The van der Waals surface area contributed by atoms with Crippen molar-refractivity contribution in [2.24, 2.45) is 23.7 Å². The number of Topliss-reactive ketones (excluding diaryl/α,β-unsaturated/α-hetero) is 1. The van der Waals surface area contributed by atoms with E-state index in [-0.39, 0.29) is 24.3 Å². The second-order valence-electron chi connectivity index (χ2n) is 8.52. The Morgan fingerprint density at radius 1 is 1.31 bits per heavy atom. The van der Waals surface area contributed by atoms with Crippen molar-refractivity contribution in [1.82, 2.24) is 0 Å². The lowest BCUT2D eigenvalue weighted by atomic mass is 9.74. The van der Waals surface area contributed by atoms with Crippen molar-refractivity contribution < 1.29 is 34.1 Å². The van der Waals surface area contributed by atoms with E-state index in [4.69, 9.17) is 9.47 Å². The molecule has 1 aliphatic heterocycles. The van der Waals surface area contributed by atoms with Gasteiger partial charge in [0.05, 0.1) is 17.4 Å². The van der Waals surface area contributed by atoms with Crippen LogP contribution < -0.4 is 0 Å². The van der Waals surface area contributed by atoms with Gasteiger partial charge in [-0.15, -0.1) is 0 Å². The molecular formula is C19H26O7. The molecule has 0 radical (unpaired) electrons. The van der Waals surface area contributed by atoms with Gasteiger partial charge in [0.2, 0.25) is 0 Å². The average molecular weight is 366 g/mol. The largest absolute Gasteiger partial charge is 0.461 e. The molecule has 7 nitrogen and oxygen atoms in total. The summed E-state index contributed by atoms with van der Waals surface area (Å²) in [7, 11) is 0. The van der Waals surface area contributed by atoms with Crippen LogP contribution in [-0.2, 0) is 23.9 Å². The van der Waals surface area contributed by atoms with Crippen LogP contribution in [0.4, 0.5) is 0 Å². The van der Waals surface area contributed by atoms with E-state index in [1.807, 2.05) is 0 Å². The molecule has 2 saturated carbocycles. The number of rotatable bonds is 2. The van der Waals surface area contributed by atoms with Gasteiger partial charge < -0.3 is 19.7 Å². The van der Waals surface area contributed by atoms with Gasteiger partial charge in [0.1, 0.15) is 17.8 Å². The summed E-state index contributed by atoms with van der Waals surface area (Å²) in [5, 5.41) is 21.9. The van der Waals surface area contributed by atoms with E-state index in [2.05, 4.69) is 6.58 Å². The van der Waals surface area contributed by atoms with Crippen molar-refractivity contribution in [1.29, 1.82) is 0 Å². The molecule has 0 aromatic heterocycles. The standard InChI is InChI=1S/C19H26O7/c1-8(2)16(21)25-11-7-18(4,23)10-6-12(20)19(5,24)14(10)15-13(11)9(3)17(22)26-15/h8,10-11,13-15,23-24H,3,6-7H2,1-2,4-5H3/t10-,11-,13-,14+,15+,18-,19-/m1/s1. The SMILES string of the molecule is C=C1C(=O)O[C@H]2[C@H]1[C@H](OC(=O)C(C)C)C[C@@](C)(O)[C@@H]1CC(=O)[C@@](C)(O)[C@H]21. The van der Waals surface area contributed by atoms with E-state index >= 15 is 0 Å². The van der Waals surface area contributed by atoms with Gasteiger partial charge >= 0.3 is 11.9 Å². The van der Waals surface area contributed by atoms with Gasteiger partial charge in [-0.2, -0.15) is 0 Å². The molecule has 1 heterocycles. The molecule has 0 bridgehead atoms. The maximum atomic E-state index is 12.4. The Bertz CT molecular complexity index is 675. The summed E-state index contributed by atoms with van der Waals surface area (Å²) in [6.45, 7) is 10.1. The van der Waals surface area contributed by atoms with Crippen LogP contribution in [-0.4, -0.2) is 51.3 Å². The topological polar surface area (TPSA) is 110 Å². The minimum atomic E-state index is -1.74. The zero-order chi connectivity index (χ0) is 19.6. The highest BCUT2D eigenvalue weighted by atomic mass is 16.6. The Balaban J connectivity index is 2.07. The first-order chi connectivity index (χ1) is 11.9. The lowest BCUT2D eigenvalue weighted by Crippen LogP contribution is -2.48. The summed E-state index contributed by atoms with van der Waals surface area (Å²) in [4.78, 5) is 36.7. The van der Waals surface area contributed by atoms with E-state index in [9.17, 15) is 24.6 Å². The second-order valence-corrected chi connectivity index (χ2v) is 8.52. The summed E-state index contributed by atoms with van der Waals surface area (Å²) in [5.74, 6) is -3.95. The van der Waals surface area contributed by atoms with Crippen molar-refractivity contribution in [3.05, 3.63) is 12.2 Å². The van der Waals surface area contributed by atoms with Crippen LogP contribution in [0.3, 0.4) is 0 Å². The van der Waals surface area contributed by atoms with Crippen molar-refractivity contribution in [2.45, 2.75) is 63.9 Å². The number of ether oxygens (including phenoxy) is 2. The molecule has 3 fully saturated rings. The highest BCUT2D eigenvalue weighted by Crippen LogP contribution is 2.55. The molecule has 2 aliphatic carbocycles. The molecular weight excluding hydrogens is 340 g/mol. The van der Waals surface area contributed by atoms with Gasteiger partial charge in [-0.1, -0.05) is 20.4 Å². The smallest absolute Gasteiger partial charge is 0.334 e. The van der Waals surface area contributed by atoms with Crippen molar-refractivity contribution in [3.63, 3.8) is 0 Å². The predicted molar refractivity (Wildman–Crippen MR) is 89.7 cm³/mol. The molecule has 0 amide bonds. The predicted octanol–water partition coefficient (Wildman–Crippen LogP) is 0.763. The van der Waals surface area contributed by atoms with Gasteiger partial charge in [-0.05, 0) is 13.8 Å². The van der Waals surface area contributed by atoms with Crippen LogP contribution in [0.5, 0.6) is 0 Å². The third kappa shape index (κ3) is 2.68. The normalized spacial score (nSPS) is 45.2. The van der Waals surface area contributed by atoms with Crippen LogP contribution >= 0.6 is 0 Å². The molecule has 0 unspecified atom stereocenters. The fourth-order valence-electron chi connectivity index (χ4n) is 4.69. The van der Waals surface area contributed by atoms with E-state index in [1.54, 1.807) is 20.8 Å². The maximum absolute atomic E-state index is 12.4. The number of esters is 2. The second kappa shape index (κ2) is 5.89. The lowest BCUT2D eigenvalue weighted by molar-refractivity contribution is -0.160. The van der Waals surface area contributed by atoms with Crippen LogP contribution in [0.2, 0.25) is 0 Å². The van der Waals surface area contributed by atoms with E-state index in [0.717, 1.165) is 0 Å². The van der Waals surface area contributed by atoms with Gasteiger partial charge in [-0.25, -0.2) is 4.79 Å². The Labute approximate surface area is 152 Å². The summed E-state index contributed by atoms with van der Waals surface area (Å²) >= 11 is 0. The molecule has 2 N–H and O–H groups in total. The van der Waals surface area contributed by atoms with Crippen LogP contribution in [0.1, 0.15) is 40.5 Å². The summed E-state index contributed by atoms with van der Waals surface area (Å²) in [6.07, 6.45) is -1.68.